The molecule has 3 aromatic rings. The fraction of sp³-hybridized carbons (Fsp3) is 0.412. The predicted molar refractivity (Wildman–Crippen MR) is 94.6 cm³/mol. The zero-order valence-corrected chi connectivity index (χ0v) is 13.5. The normalized spacial score (nSPS) is 11.5. The molecule has 3 rings (SSSR count). The molecule has 0 fully saturated rings. The third-order valence-corrected chi connectivity index (χ3v) is 4.22. The maximum Gasteiger partial charge on any atom is 0.262 e. The molecule has 23 heavy (non-hydrogen) atoms. The van der Waals surface area contributed by atoms with Crippen LogP contribution in [-0.4, -0.2) is 19.3 Å². The van der Waals surface area contributed by atoms with Crippen molar-refractivity contribution in [1.29, 1.82) is 0 Å². The molecule has 0 aliphatic heterocycles. The third kappa shape index (κ3) is 2.65. The van der Waals surface area contributed by atoms with E-state index in [1.165, 1.54) is 12.8 Å². The zero-order valence-electron chi connectivity index (χ0n) is 13.5. The van der Waals surface area contributed by atoms with E-state index in [9.17, 15) is 4.79 Å². The zero-order chi connectivity index (χ0) is 16.4. The number of unbranched alkanes of at least 4 members (excludes halogenated alkanes) is 2. The molecule has 0 saturated heterocycles. The summed E-state index contributed by atoms with van der Waals surface area (Å²) >= 11 is 0. The van der Waals surface area contributed by atoms with Gasteiger partial charge in [-0.1, -0.05) is 25.8 Å². The van der Waals surface area contributed by atoms with E-state index < -0.39 is 0 Å². The van der Waals surface area contributed by atoms with Gasteiger partial charge in [0.2, 0.25) is 0 Å². The summed E-state index contributed by atoms with van der Waals surface area (Å²) in [6, 6.07) is 0. The van der Waals surface area contributed by atoms with Crippen LogP contribution in [0, 0.1) is 0 Å². The SMILES string of the molecule is C=CCCn1cc2nc3c(c[nH]n3CCCCC)c(N)c2c1=O. The van der Waals surface area contributed by atoms with E-state index in [0.29, 0.717) is 23.1 Å². The van der Waals surface area contributed by atoms with Gasteiger partial charge in [-0.05, 0) is 12.8 Å². The smallest absolute Gasteiger partial charge is 0.262 e. The van der Waals surface area contributed by atoms with Crippen molar-refractivity contribution in [2.24, 2.45) is 0 Å². The molecule has 0 saturated carbocycles. The lowest BCUT2D eigenvalue weighted by molar-refractivity contribution is 0.564. The van der Waals surface area contributed by atoms with Crippen molar-refractivity contribution in [2.75, 3.05) is 5.73 Å². The molecule has 0 amide bonds. The summed E-state index contributed by atoms with van der Waals surface area (Å²) in [7, 11) is 0. The van der Waals surface area contributed by atoms with Crippen LogP contribution in [0.3, 0.4) is 0 Å². The molecular formula is C17H23N5O. The Balaban J connectivity index is 2.10. The maximum atomic E-state index is 12.5. The van der Waals surface area contributed by atoms with Crippen molar-refractivity contribution < 1.29 is 0 Å². The van der Waals surface area contributed by atoms with Crippen LogP contribution in [0.2, 0.25) is 0 Å². The summed E-state index contributed by atoms with van der Waals surface area (Å²) in [5.74, 6) is 0. The number of fused-ring (bicyclic) bond motifs is 2. The number of nitrogens with two attached hydrogens (primary N) is 1. The van der Waals surface area contributed by atoms with Gasteiger partial charge in [0.1, 0.15) is 0 Å². The predicted octanol–water partition coefficient (Wildman–Crippen LogP) is 3.03. The summed E-state index contributed by atoms with van der Waals surface area (Å²) in [6.07, 6.45) is 9.60. The number of hydrogen-bond donors (Lipinski definition) is 2. The van der Waals surface area contributed by atoms with Crippen LogP contribution in [0.25, 0.3) is 21.9 Å². The van der Waals surface area contributed by atoms with E-state index in [0.717, 1.165) is 30.4 Å². The minimum Gasteiger partial charge on any atom is -0.397 e. The molecule has 3 N–H and O–H groups in total. The highest BCUT2D eigenvalue weighted by atomic mass is 16.1. The van der Waals surface area contributed by atoms with Gasteiger partial charge >= 0.3 is 0 Å². The number of anilines is 1. The molecule has 0 aromatic carbocycles. The van der Waals surface area contributed by atoms with E-state index in [4.69, 9.17) is 5.73 Å². The highest BCUT2D eigenvalue weighted by Gasteiger charge is 2.16. The average Bonchev–Trinajstić information content (AvgIpc) is 3.08. The summed E-state index contributed by atoms with van der Waals surface area (Å²) in [5, 5.41) is 4.53. The first-order chi connectivity index (χ1) is 11.2. The van der Waals surface area contributed by atoms with Crippen LogP contribution in [-0.2, 0) is 13.1 Å². The Bertz CT molecular complexity index is 899. The largest absolute Gasteiger partial charge is 0.397 e. The average molecular weight is 313 g/mol. The lowest BCUT2D eigenvalue weighted by atomic mass is 10.2. The van der Waals surface area contributed by atoms with E-state index in [2.05, 4.69) is 23.6 Å². The van der Waals surface area contributed by atoms with Crippen molar-refractivity contribution in [2.45, 2.75) is 45.7 Å². The first kappa shape index (κ1) is 15.4. The number of nitrogens with one attached hydrogen (secondary N) is 1. The number of nitrogen functional groups attached to an aromatic ring is 1. The maximum absolute atomic E-state index is 12.5. The van der Waals surface area contributed by atoms with E-state index in [-0.39, 0.29) is 5.56 Å². The molecule has 3 aromatic heterocycles. The number of allylic oxidation sites excluding steroid dienone is 1. The Morgan fingerprint density at radius 2 is 2.22 bits per heavy atom. The summed E-state index contributed by atoms with van der Waals surface area (Å²) in [5.41, 5.74) is 8.17. The Labute approximate surface area is 134 Å². The van der Waals surface area contributed by atoms with Gasteiger partial charge in [0.15, 0.2) is 5.65 Å². The lowest BCUT2D eigenvalue weighted by Crippen LogP contribution is -2.14. The van der Waals surface area contributed by atoms with Crippen molar-refractivity contribution in [3.8, 4) is 0 Å². The van der Waals surface area contributed by atoms with Crippen LogP contribution in [0.1, 0.15) is 32.6 Å². The minimum atomic E-state index is -0.0764. The fourth-order valence-corrected chi connectivity index (χ4v) is 2.93. The molecule has 0 radical (unpaired) electrons. The summed E-state index contributed by atoms with van der Waals surface area (Å²) in [4.78, 5) is 17.2. The highest BCUT2D eigenvalue weighted by molar-refractivity contribution is 6.05. The van der Waals surface area contributed by atoms with Gasteiger partial charge in [-0.3, -0.25) is 9.48 Å². The monoisotopic (exact) mass is 313 g/mol. The van der Waals surface area contributed by atoms with Crippen LogP contribution in [0.5, 0.6) is 0 Å². The standard InChI is InChI=1S/C17H23N5O/c1-3-5-7-9-22-16-12(10-19-22)15(18)14-13(20-16)11-21(17(14)23)8-6-4-2/h4,10-11,19H,2-3,5-9,18H2,1H3. The lowest BCUT2D eigenvalue weighted by Gasteiger charge is -2.04. The molecule has 0 atom stereocenters. The number of pyridine rings is 1. The Morgan fingerprint density at radius 3 is 2.96 bits per heavy atom. The number of aryl methyl sites for hydroxylation is 2. The second-order valence-electron chi connectivity index (χ2n) is 5.86. The minimum absolute atomic E-state index is 0.0764. The number of nitrogens with zero attached hydrogens (tertiary/aromatic N) is 3. The van der Waals surface area contributed by atoms with Gasteiger partial charge in [0, 0.05) is 25.5 Å². The number of H-pyrrole nitrogens is 1. The van der Waals surface area contributed by atoms with E-state index in [1.807, 2.05) is 10.9 Å². The van der Waals surface area contributed by atoms with Crippen molar-refractivity contribution in [3.63, 3.8) is 0 Å². The molecule has 6 heteroatoms. The van der Waals surface area contributed by atoms with Gasteiger partial charge in [-0.15, -0.1) is 6.58 Å². The Morgan fingerprint density at radius 1 is 1.39 bits per heavy atom. The van der Waals surface area contributed by atoms with E-state index in [1.54, 1.807) is 16.8 Å². The molecule has 0 aliphatic carbocycles. The number of aromatic nitrogens is 4. The highest BCUT2D eigenvalue weighted by Crippen LogP contribution is 2.26. The fourth-order valence-electron chi connectivity index (χ4n) is 2.93. The number of hydrogen-bond acceptors (Lipinski definition) is 3. The van der Waals surface area contributed by atoms with Crippen LogP contribution >= 0.6 is 0 Å². The molecule has 0 unspecified atom stereocenters. The van der Waals surface area contributed by atoms with Crippen LogP contribution in [0.15, 0.2) is 29.8 Å². The van der Waals surface area contributed by atoms with Crippen LogP contribution < -0.4 is 11.3 Å². The molecular weight excluding hydrogens is 290 g/mol. The molecule has 6 nitrogen and oxygen atoms in total. The summed E-state index contributed by atoms with van der Waals surface area (Å²) < 4.78 is 3.67. The second-order valence-corrected chi connectivity index (χ2v) is 5.86. The van der Waals surface area contributed by atoms with Crippen molar-refractivity contribution >= 4 is 27.6 Å². The molecule has 0 aliphatic rings. The van der Waals surface area contributed by atoms with Gasteiger partial charge in [-0.25, -0.2) is 4.98 Å². The third-order valence-electron chi connectivity index (χ3n) is 4.22. The quantitative estimate of drug-likeness (QED) is 0.519. The van der Waals surface area contributed by atoms with Gasteiger partial charge < -0.3 is 15.4 Å². The van der Waals surface area contributed by atoms with Crippen molar-refractivity contribution in [3.05, 3.63) is 35.4 Å². The molecule has 0 spiro atoms. The van der Waals surface area contributed by atoms with E-state index >= 15 is 0 Å². The summed E-state index contributed by atoms with van der Waals surface area (Å²) in [6.45, 7) is 7.35. The topological polar surface area (TPSA) is 81.6 Å². The van der Waals surface area contributed by atoms with Crippen molar-refractivity contribution in [1.82, 2.24) is 19.3 Å². The Kier molecular flexibility index (Phi) is 4.23. The second kappa shape index (κ2) is 6.32. The van der Waals surface area contributed by atoms with Crippen LogP contribution in [0.4, 0.5) is 5.69 Å². The number of rotatable bonds is 7. The number of aromatic amines is 1. The first-order valence-corrected chi connectivity index (χ1v) is 8.14. The van der Waals surface area contributed by atoms with Gasteiger partial charge in [-0.2, -0.15) is 0 Å². The van der Waals surface area contributed by atoms with Gasteiger partial charge in [0.25, 0.3) is 5.56 Å². The molecule has 0 bridgehead atoms. The molecule has 122 valence electrons. The Hall–Kier alpha value is -2.50. The van der Waals surface area contributed by atoms with Gasteiger partial charge in [0.05, 0.1) is 22.0 Å². The first-order valence-electron chi connectivity index (χ1n) is 8.14. The molecule has 3 heterocycles.